The zero-order valence-electron chi connectivity index (χ0n) is 13.2. The van der Waals surface area contributed by atoms with Gasteiger partial charge >= 0.3 is 5.69 Å². The SMILES string of the molecule is O=c1n(Cc2ccc(F)c(F)c2)nc2c(N3CCOCC3)nccn12. The Kier molecular flexibility index (Phi) is 3.92. The van der Waals surface area contributed by atoms with Gasteiger partial charge in [-0.25, -0.2) is 27.6 Å². The van der Waals surface area contributed by atoms with E-state index in [0.717, 1.165) is 12.1 Å². The summed E-state index contributed by atoms with van der Waals surface area (Å²) in [6, 6.07) is 3.52. The summed E-state index contributed by atoms with van der Waals surface area (Å²) in [7, 11) is 0. The lowest BCUT2D eigenvalue weighted by Gasteiger charge is -2.27. The second-order valence-electron chi connectivity index (χ2n) is 5.73. The van der Waals surface area contributed by atoms with Crippen LogP contribution in [0.25, 0.3) is 5.65 Å². The fourth-order valence-electron chi connectivity index (χ4n) is 2.85. The molecule has 0 radical (unpaired) electrons. The summed E-state index contributed by atoms with van der Waals surface area (Å²) in [6.07, 6.45) is 3.08. The van der Waals surface area contributed by atoms with E-state index < -0.39 is 11.6 Å². The Balaban J connectivity index is 1.74. The van der Waals surface area contributed by atoms with Crippen LogP contribution in [-0.2, 0) is 11.3 Å². The van der Waals surface area contributed by atoms with Crippen LogP contribution in [0.1, 0.15) is 5.56 Å². The second kappa shape index (κ2) is 6.25. The third-order valence-corrected chi connectivity index (χ3v) is 4.11. The molecule has 1 saturated heterocycles. The topological polar surface area (TPSA) is 64.7 Å². The monoisotopic (exact) mass is 347 g/mol. The Hall–Kier alpha value is -2.81. The van der Waals surface area contributed by atoms with E-state index in [0.29, 0.717) is 43.3 Å². The van der Waals surface area contributed by atoms with Crippen LogP contribution < -0.4 is 10.6 Å². The number of nitrogens with zero attached hydrogens (tertiary/aromatic N) is 5. The van der Waals surface area contributed by atoms with Gasteiger partial charge in [0.15, 0.2) is 17.5 Å². The molecule has 0 saturated carbocycles. The first-order valence-corrected chi connectivity index (χ1v) is 7.84. The summed E-state index contributed by atoms with van der Waals surface area (Å²) >= 11 is 0. The predicted molar refractivity (Wildman–Crippen MR) is 85.7 cm³/mol. The van der Waals surface area contributed by atoms with Gasteiger partial charge in [-0.15, -0.1) is 5.10 Å². The van der Waals surface area contributed by atoms with Crippen LogP contribution in [0, 0.1) is 11.6 Å². The summed E-state index contributed by atoms with van der Waals surface area (Å²) in [4.78, 5) is 18.9. The zero-order valence-corrected chi connectivity index (χ0v) is 13.2. The van der Waals surface area contributed by atoms with Gasteiger partial charge in [-0.2, -0.15) is 0 Å². The van der Waals surface area contributed by atoms with Crippen molar-refractivity contribution in [2.75, 3.05) is 31.2 Å². The largest absolute Gasteiger partial charge is 0.378 e. The van der Waals surface area contributed by atoms with E-state index in [1.165, 1.54) is 21.3 Å². The van der Waals surface area contributed by atoms with E-state index in [1.807, 2.05) is 4.90 Å². The fourth-order valence-corrected chi connectivity index (χ4v) is 2.85. The van der Waals surface area contributed by atoms with E-state index >= 15 is 0 Å². The van der Waals surface area contributed by atoms with Crippen molar-refractivity contribution in [3.8, 4) is 0 Å². The van der Waals surface area contributed by atoms with E-state index in [4.69, 9.17) is 4.74 Å². The average Bonchev–Trinajstić information content (AvgIpc) is 2.95. The minimum absolute atomic E-state index is 0.0419. The number of morpholine rings is 1. The van der Waals surface area contributed by atoms with Crippen LogP contribution in [0.3, 0.4) is 0 Å². The molecule has 7 nitrogen and oxygen atoms in total. The van der Waals surface area contributed by atoms with E-state index in [1.54, 1.807) is 6.20 Å². The van der Waals surface area contributed by atoms with Crippen molar-refractivity contribution in [2.24, 2.45) is 0 Å². The molecule has 0 unspecified atom stereocenters. The molecule has 1 fully saturated rings. The van der Waals surface area contributed by atoms with Gasteiger partial charge in [0, 0.05) is 25.5 Å². The van der Waals surface area contributed by atoms with E-state index in [-0.39, 0.29) is 12.2 Å². The summed E-state index contributed by atoms with van der Waals surface area (Å²) in [6.45, 7) is 2.54. The Morgan fingerprint density at radius 2 is 1.96 bits per heavy atom. The molecule has 0 N–H and O–H groups in total. The number of halogens is 2. The molecular formula is C16H15F2N5O2. The molecule has 0 amide bonds. The number of ether oxygens (including phenoxy) is 1. The number of rotatable bonds is 3. The number of aromatic nitrogens is 4. The number of hydrogen-bond acceptors (Lipinski definition) is 5. The van der Waals surface area contributed by atoms with Crippen LogP contribution in [0.4, 0.5) is 14.6 Å². The first kappa shape index (κ1) is 15.7. The molecule has 1 aliphatic heterocycles. The molecular weight excluding hydrogens is 332 g/mol. The highest BCUT2D eigenvalue weighted by Gasteiger charge is 2.19. The van der Waals surface area contributed by atoms with Crippen molar-refractivity contribution in [1.82, 2.24) is 19.2 Å². The lowest BCUT2D eigenvalue weighted by atomic mass is 10.2. The predicted octanol–water partition coefficient (Wildman–Crippen LogP) is 1.05. The Morgan fingerprint density at radius 1 is 1.16 bits per heavy atom. The van der Waals surface area contributed by atoms with Gasteiger partial charge in [0.1, 0.15) is 0 Å². The van der Waals surface area contributed by atoms with Crippen molar-refractivity contribution in [2.45, 2.75) is 6.54 Å². The highest BCUT2D eigenvalue weighted by atomic mass is 19.2. The molecule has 2 aromatic heterocycles. The van der Waals surface area contributed by atoms with Gasteiger partial charge in [-0.3, -0.25) is 0 Å². The van der Waals surface area contributed by atoms with Gasteiger partial charge in [-0.1, -0.05) is 6.07 Å². The van der Waals surface area contributed by atoms with Gasteiger partial charge in [0.2, 0.25) is 5.65 Å². The molecule has 0 bridgehead atoms. The number of anilines is 1. The smallest absolute Gasteiger partial charge is 0.350 e. The fraction of sp³-hybridized carbons (Fsp3) is 0.312. The third-order valence-electron chi connectivity index (χ3n) is 4.11. The first-order chi connectivity index (χ1) is 12.1. The molecule has 3 aromatic rings. The molecule has 1 aromatic carbocycles. The van der Waals surface area contributed by atoms with Crippen LogP contribution >= 0.6 is 0 Å². The van der Waals surface area contributed by atoms with E-state index in [9.17, 15) is 13.6 Å². The van der Waals surface area contributed by atoms with Crippen molar-refractivity contribution < 1.29 is 13.5 Å². The summed E-state index contributed by atoms with van der Waals surface area (Å²) < 4.78 is 34.4. The summed E-state index contributed by atoms with van der Waals surface area (Å²) in [5.74, 6) is -1.28. The van der Waals surface area contributed by atoms with Crippen LogP contribution in [-0.4, -0.2) is 45.5 Å². The molecule has 1 aliphatic rings. The van der Waals surface area contributed by atoms with Crippen LogP contribution in [0.2, 0.25) is 0 Å². The lowest BCUT2D eigenvalue weighted by Crippen LogP contribution is -2.37. The van der Waals surface area contributed by atoms with Crippen molar-refractivity contribution in [3.05, 3.63) is 58.3 Å². The second-order valence-corrected chi connectivity index (χ2v) is 5.73. The number of hydrogen-bond donors (Lipinski definition) is 0. The standard InChI is InChI=1S/C16H15F2N5O2/c17-12-2-1-11(9-13(12)18)10-23-16(24)22-4-3-19-14(15(22)20-23)21-5-7-25-8-6-21/h1-4,9H,5-8,10H2. The summed E-state index contributed by atoms with van der Waals surface area (Å²) in [5.41, 5.74) is 0.513. The molecule has 3 heterocycles. The normalized spacial score (nSPS) is 15.0. The Bertz CT molecular complexity index is 978. The minimum Gasteiger partial charge on any atom is -0.378 e. The summed E-state index contributed by atoms with van der Waals surface area (Å²) in [5, 5.41) is 4.34. The average molecular weight is 347 g/mol. The molecule has 0 atom stereocenters. The maximum atomic E-state index is 13.4. The highest BCUT2D eigenvalue weighted by Crippen LogP contribution is 2.17. The lowest BCUT2D eigenvalue weighted by molar-refractivity contribution is 0.122. The molecule has 4 rings (SSSR count). The third kappa shape index (κ3) is 2.86. The van der Waals surface area contributed by atoms with Crippen LogP contribution in [0.15, 0.2) is 35.4 Å². The Morgan fingerprint density at radius 3 is 2.72 bits per heavy atom. The van der Waals surface area contributed by atoms with Crippen molar-refractivity contribution >= 4 is 11.5 Å². The van der Waals surface area contributed by atoms with Gasteiger partial charge in [-0.05, 0) is 17.7 Å². The molecule has 25 heavy (non-hydrogen) atoms. The van der Waals surface area contributed by atoms with E-state index in [2.05, 4.69) is 10.1 Å². The zero-order chi connectivity index (χ0) is 17.4. The molecule has 0 aliphatic carbocycles. The number of fused-ring (bicyclic) bond motifs is 1. The minimum atomic E-state index is -0.954. The van der Waals surface area contributed by atoms with Gasteiger partial charge < -0.3 is 9.64 Å². The van der Waals surface area contributed by atoms with Gasteiger partial charge in [0.05, 0.1) is 19.8 Å². The van der Waals surface area contributed by atoms with Crippen molar-refractivity contribution in [3.63, 3.8) is 0 Å². The molecule has 0 spiro atoms. The molecule has 9 heteroatoms. The van der Waals surface area contributed by atoms with Crippen molar-refractivity contribution in [1.29, 1.82) is 0 Å². The highest BCUT2D eigenvalue weighted by molar-refractivity contribution is 5.63. The van der Waals surface area contributed by atoms with Crippen LogP contribution in [0.5, 0.6) is 0 Å². The quantitative estimate of drug-likeness (QED) is 0.709. The maximum Gasteiger partial charge on any atom is 0.350 e. The molecule has 130 valence electrons. The Labute approximate surface area is 141 Å². The number of benzene rings is 1. The first-order valence-electron chi connectivity index (χ1n) is 7.84. The maximum absolute atomic E-state index is 13.4. The van der Waals surface area contributed by atoms with Gasteiger partial charge in [0.25, 0.3) is 0 Å².